The molecule has 1 aromatic carbocycles. The highest BCUT2D eigenvalue weighted by Crippen LogP contribution is 2.18. The number of hydrogen-bond donors (Lipinski definition) is 0. The van der Waals surface area contributed by atoms with Crippen molar-refractivity contribution in [2.24, 2.45) is 10.2 Å². The van der Waals surface area contributed by atoms with Crippen molar-refractivity contribution >= 4 is 5.69 Å². The first-order valence-corrected chi connectivity index (χ1v) is 3.90. The van der Waals surface area contributed by atoms with Crippen molar-refractivity contribution < 1.29 is 0 Å². The van der Waals surface area contributed by atoms with Crippen LogP contribution in [0.5, 0.6) is 0 Å². The molecule has 0 saturated heterocycles. The highest BCUT2D eigenvalue weighted by Gasteiger charge is 1.98. The fourth-order valence-corrected chi connectivity index (χ4v) is 1.05. The van der Waals surface area contributed by atoms with E-state index in [0.29, 0.717) is 16.8 Å². The molecule has 0 saturated carbocycles. The van der Waals surface area contributed by atoms with Gasteiger partial charge in [-0.05, 0) is 34.8 Å². The van der Waals surface area contributed by atoms with E-state index in [1.165, 1.54) is 6.07 Å². The number of hydrogen-bond acceptors (Lipinski definition) is 3. The largest absolute Gasteiger partial charge is 0.192 e. The molecule has 1 aromatic rings. The van der Waals surface area contributed by atoms with E-state index < -0.39 is 0 Å². The average Bonchev–Trinajstić information content (AvgIpc) is 2.26. The predicted molar refractivity (Wildman–Crippen MR) is 52.8 cm³/mol. The molecule has 0 amide bonds. The molecule has 1 rings (SSSR count). The van der Waals surface area contributed by atoms with E-state index in [4.69, 9.17) is 16.3 Å². The molecule has 0 bridgehead atoms. The molecule has 72 valence electrons. The van der Waals surface area contributed by atoms with Crippen LogP contribution >= 0.6 is 0 Å². The van der Waals surface area contributed by atoms with Gasteiger partial charge in [0.05, 0.1) is 18.2 Å². The third kappa shape index (κ3) is 2.94. The zero-order valence-corrected chi connectivity index (χ0v) is 7.57. The van der Waals surface area contributed by atoms with Crippen LogP contribution < -0.4 is 0 Å². The van der Waals surface area contributed by atoms with E-state index in [2.05, 4.69) is 20.1 Å². The molecule has 0 N–H and O–H groups in total. The van der Waals surface area contributed by atoms with Crippen molar-refractivity contribution in [2.75, 3.05) is 0 Å². The lowest BCUT2D eigenvalue weighted by Crippen LogP contribution is -1.82. The van der Waals surface area contributed by atoms with Crippen LogP contribution in [0.3, 0.4) is 0 Å². The first-order valence-electron chi connectivity index (χ1n) is 3.90. The molecule has 0 aliphatic carbocycles. The van der Waals surface area contributed by atoms with Crippen LogP contribution in [0.4, 0.5) is 5.69 Å². The second-order valence-corrected chi connectivity index (χ2v) is 2.58. The van der Waals surface area contributed by atoms with Crippen molar-refractivity contribution in [2.45, 2.75) is 6.54 Å². The van der Waals surface area contributed by atoms with Crippen LogP contribution in [0.1, 0.15) is 11.1 Å². The van der Waals surface area contributed by atoms with Crippen molar-refractivity contribution in [1.82, 2.24) is 0 Å². The molecule has 0 aromatic heterocycles. The van der Waals surface area contributed by atoms with Crippen molar-refractivity contribution in [3.63, 3.8) is 0 Å². The van der Waals surface area contributed by atoms with Crippen LogP contribution in [0.15, 0.2) is 28.4 Å². The molecule has 0 atom stereocenters. The Morgan fingerprint density at radius 2 is 2.07 bits per heavy atom. The zero-order valence-electron chi connectivity index (χ0n) is 7.57. The lowest BCUT2D eigenvalue weighted by molar-refractivity contribution is 1.04. The standard InChI is InChI=1S/C8H5N7/c9-4-6-1-7(5-12-14-10)3-8(2-6)13-15-11/h1-3H,5H2. The maximum atomic E-state index is 8.69. The first-order chi connectivity index (χ1) is 7.30. The van der Waals surface area contributed by atoms with Crippen LogP contribution in [-0.2, 0) is 6.54 Å². The smallest absolute Gasteiger partial charge is 0.0991 e. The minimum absolute atomic E-state index is 0.125. The molecular weight excluding hydrogens is 194 g/mol. The van der Waals surface area contributed by atoms with Gasteiger partial charge in [-0.2, -0.15) is 5.26 Å². The van der Waals surface area contributed by atoms with Gasteiger partial charge in [0.2, 0.25) is 0 Å². The second kappa shape index (κ2) is 5.14. The molecule has 0 unspecified atom stereocenters. The number of azide groups is 2. The lowest BCUT2D eigenvalue weighted by Gasteiger charge is -1.98. The van der Waals surface area contributed by atoms with Gasteiger partial charge in [-0.25, -0.2) is 0 Å². The fraction of sp³-hybridized carbons (Fsp3) is 0.125. The van der Waals surface area contributed by atoms with Gasteiger partial charge in [0.1, 0.15) is 0 Å². The van der Waals surface area contributed by atoms with Crippen molar-refractivity contribution in [1.29, 1.82) is 5.26 Å². The van der Waals surface area contributed by atoms with Crippen molar-refractivity contribution in [3.05, 3.63) is 50.2 Å². The van der Waals surface area contributed by atoms with E-state index in [1.807, 2.05) is 6.07 Å². The van der Waals surface area contributed by atoms with E-state index >= 15 is 0 Å². The molecule has 0 radical (unpaired) electrons. The maximum Gasteiger partial charge on any atom is 0.0991 e. The van der Waals surface area contributed by atoms with E-state index in [9.17, 15) is 0 Å². The van der Waals surface area contributed by atoms with Crippen LogP contribution in [-0.4, -0.2) is 0 Å². The molecule has 0 fully saturated rings. The van der Waals surface area contributed by atoms with Crippen molar-refractivity contribution in [3.8, 4) is 6.07 Å². The number of benzene rings is 1. The molecule has 7 nitrogen and oxygen atoms in total. The summed E-state index contributed by atoms with van der Waals surface area (Å²) in [5.41, 5.74) is 17.7. The summed E-state index contributed by atoms with van der Waals surface area (Å²) in [6.07, 6.45) is 0. The lowest BCUT2D eigenvalue weighted by atomic mass is 10.1. The minimum atomic E-state index is 0.125. The summed E-state index contributed by atoms with van der Waals surface area (Å²) in [6.45, 7) is 0.125. The SMILES string of the molecule is N#Cc1cc(CN=[N+]=[N-])cc(N=[N+]=[N-])c1. The highest BCUT2D eigenvalue weighted by atomic mass is 15.1. The van der Waals surface area contributed by atoms with Gasteiger partial charge in [-0.3, -0.25) is 0 Å². The van der Waals surface area contributed by atoms with Gasteiger partial charge in [0, 0.05) is 15.5 Å². The average molecular weight is 199 g/mol. The Bertz CT molecular complexity index is 500. The molecule has 0 spiro atoms. The Kier molecular flexibility index (Phi) is 3.57. The van der Waals surface area contributed by atoms with Gasteiger partial charge in [0.25, 0.3) is 0 Å². The molecule has 7 heteroatoms. The molecular formula is C8H5N7. The monoisotopic (exact) mass is 199 g/mol. The summed E-state index contributed by atoms with van der Waals surface area (Å²) >= 11 is 0. The quantitative estimate of drug-likeness (QED) is 0.413. The van der Waals surface area contributed by atoms with Gasteiger partial charge in [0.15, 0.2) is 0 Å². The Balaban J connectivity index is 3.17. The second-order valence-electron chi connectivity index (χ2n) is 2.58. The first kappa shape index (κ1) is 10.4. The van der Waals surface area contributed by atoms with E-state index in [0.717, 1.165) is 0 Å². The van der Waals surface area contributed by atoms with Gasteiger partial charge >= 0.3 is 0 Å². The number of nitrogens with zero attached hydrogens (tertiary/aromatic N) is 7. The van der Waals surface area contributed by atoms with E-state index in [1.54, 1.807) is 12.1 Å². The number of nitriles is 1. The van der Waals surface area contributed by atoms with Gasteiger partial charge in [-0.15, -0.1) is 0 Å². The predicted octanol–water partition coefficient (Wildman–Crippen LogP) is 3.31. The van der Waals surface area contributed by atoms with Crippen LogP contribution in [0, 0.1) is 11.3 Å². The molecule has 0 aliphatic heterocycles. The van der Waals surface area contributed by atoms with Gasteiger partial charge in [-0.1, -0.05) is 10.2 Å². The Hall–Kier alpha value is -2.67. The zero-order chi connectivity index (χ0) is 11.1. The molecule has 15 heavy (non-hydrogen) atoms. The summed E-state index contributed by atoms with van der Waals surface area (Å²) in [4.78, 5) is 5.22. The molecule has 0 heterocycles. The summed E-state index contributed by atoms with van der Waals surface area (Å²) in [5.74, 6) is 0. The fourth-order valence-electron chi connectivity index (χ4n) is 1.05. The summed E-state index contributed by atoms with van der Waals surface area (Å²) in [6, 6.07) is 6.52. The molecule has 0 aliphatic rings. The van der Waals surface area contributed by atoms with E-state index in [-0.39, 0.29) is 6.54 Å². The Morgan fingerprint density at radius 1 is 1.27 bits per heavy atom. The maximum absolute atomic E-state index is 8.69. The Morgan fingerprint density at radius 3 is 2.67 bits per heavy atom. The van der Waals surface area contributed by atoms with Crippen LogP contribution in [0.25, 0.3) is 20.9 Å². The topological polar surface area (TPSA) is 121 Å². The van der Waals surface area contributed by atoms with Gasteiger partial charge < -0.3 is 0 Å². The normalized spacial score (nSPS) is 8.20. The van der Waals surface area contributed by atoms with Crippen LogP contribution in [0.2, 0.25) is 0 Å². The summed E-state index contributed by atoms with van der Waals surface area (Å²) in [5, 5.41) is 15.4. The summed E-state index contributed by atoms with van der Waals surface area (Å²) < 4.78 is 0. The number of rotatable bonds is 3. The summed E-state index contributed by atoms with van der Waals surface area (Å²) in [7, 11) is 0. The minimum Gasteiger partial charge on any atom is -0.192 e. The third-order valence-corrected chi connectivity index (χ3v) is 1.58. The highest BCUT2D eigenvalue weighted by molar-refractivity contribution is 5.48. The third-order valence-electron chi connectivity index (χ3n) is 1.58. The Labute approximate surface area is 84.8 Å².